The van der Waals surface area contributed by atoms with Crippen LogP contribution in [0.1, 0.15) is 43.2 Å². The lowest BCUT2D eigenvalue weighted by Gasteiger charge is -2.45. The van der Waals surface area contributed by atoms with Crippen LogP contribution in [0.4, 0.5) is 0 Å². The molecule has 1 unspecified atom stereocenters. The lowest BCUT2D eigenvalue weighted by Crippen LogP contribution is -2.48. The van der Waals surface area contributed by atoms with Gasteiger partial charge in [0, 0.05) is 12.5 Å². The van der Waals surface area contributed by atoms with E-state index in [2.05, 4.69) is 53.4 Å². The molecule has 2 aromatic rings. The summed E-state index contributed by atoms with van der Waals surface area (Å²) < 4.78 is 0. The molecule has 3 nitrogen and oxygen atoms in total. The fourth-order valence-electron chi connectivity index (χ4n) is 5.56. The molecule has 1 aliphatic heterocycles. The molecule has 1 aliphatic carbocycles. The van der Waals surface area contributed by atoms with E-state index in [1.54, 1.807) is 0 Å². The second-order valence-corrected chi connectivity index (χ2v) is 8.49. The lowest BCUT2D eigenvalue weighted by atomic mass is 9.59. The predicted octanol–water partition coefficient (Wildman–Crippen LogP) is 4.52. The van der Waals surface area contributed by atoms with E-state index in [1.165, 1.54) is 5.56 Å². The monoisotopic (exact) mass is 374 g/mol. The van der Waals surface area contributed by atoms with Crippen LogP contribution >= 0.6 is 0 Å². The minimum atomic E-state index is -0.573. The number of piperidine rings is 1. The first-order valence-corrected chi connectivity index (χ1v) is 10.6. The number of nitriles is 1. The van der Waals surface area contributed by atoms with Gasteiger partial charge in [0.25, 0.3) is 0 Å². The third-order valence-corrected chi connectivity index (χ3v) is 6.98. The molecule has 2 aliphatic rings. The molecule has 0 amide bonds. The van der Waals surface area contributed by atoms with Gasteiger partial charge in [-0.2, -0.15) is 5.26 Å². The van der Waals surface area contributed by atoms with E-state index in [0.29, 0.717) is 5.92 Å². The van der Waals surface area contributed by atoms with E-state index in [-0.39, 0.29) is 12.0 Å². The number of benzene rings is 2. The fourth-order valence-corrected chi connectivity index (χ4v) is 5.56. The summed E-state index contributed by atoms with van der Waals surface area (Å²) in [5.41, 5.74) is 1.88. The summed E-state index contributed by atoms with van der Waals surface area (Å²) in [5.74, 6) is 0.343. The molecule has 1 saturated heterocycles. The highest BCUT2D eigenvalue weighted by Crippen LogP contribution is 2.50. The highest BCUT2D eigenvalue weighted by Gasteiger charge is 2.51. The molecule has 1 saturated carbocycles. The molecule has 1 heterocycles. The zero-order valence-electron chi connectivity index (χ0n) is 16.5. The van der Waals surface area contributed by atoms with Crippen molar-refractivity contribution in [3.05, 3.63) is 71.8 Å². The summed E-state index contributed by atoms with van der Waals surface area (Å²) in [6, 6.07) is 23.7. The van der Waals surface area contributed by atoms with E-state index < -0.39 is 5.41 Å². The number of rotatable bonds is 5. The maximum absolute atomic E-state index is 10.7. The Labute approximate surface area is 168 Å². The van der Waals surface area contributed by atoms with Gasteiger partial charge in [-0.15, -0.1) is 0 Å². The minimum Gasteiger partial charge on any atom is -0.393 e. The van der Waals surface area contributed by atoms with Gasteiger partial charge >= 0.3 is 0 Å². The zero-order chi connectivity index (χ0) is 19.4. The van der Waals surface area contributed by atoms with E-state index >= 15 is 0 Å². The van der Waals surface area contributed by atoms with Crippen molar-refractivity contribution in [2.45, 2.75) is 50.2 Å². The topological polar surface area (TPSA) is 47.3 Å². The summed E-state index contributed by atoms with van der Waals surface area (Å²) >= 11 is 0. The van der Waals surface area contributed by atoms with Crippen LogP contribution in [-0.2, 0) is 12.0 Å². The number of nitrogens with zero attached hydrogens (tertiary/aromatic N) is 2. The van der Waals surface area contributed by atoms with Gasteiger partial charge in [0.1, 0.15) is 0 Å². The number of aliphatic hydroxyl groups is 1. The molecule has 1 N–H and O–H groups in total. The minimum absolute atomic E-state index is 0.0468. The molecule has 2 aromatic carbocycles. The van der Waals surface area contributed by atoms with Crippen molar-refractivity contribution in [1.29, 1.82) is 5.26 Å². The van der Waals surface area contributed by atoms with E-state index in [9.17, 15) is 10.4 Å². The molecule has 146 valence electrons. The number of hydrogen-bond acceptors (Lipinski definition) is 3. The molecule has 3 heteroatoms. The van der Waals surface area contributed by atoms with Crippen molar-refractivity contribution in [2.24, 2.45) is 11.8 Å². The normalized spacial score (nSPS) is 25.9. The molecule has 0 aromatic heterocycles. The van der Waals surface area contributed by atoms with Crippen molar-refractivity contribution < 1.29 is 5.11 Å². The van der Waals surface area contributed by atoms with Crippen LogP contribution in [0.15, 0.2) is 60.7 Å². The Morgan fingerprint density at radius 2 is 1.57 bits per heavy atom. The average molecular weight is 375 g/mol. The molecule has 0 bridgehead atoms. The van der Waals surface area contributed by atoms with Gasteiger partial charge in [0.05, 0.1) is 17.6 Å². The molecule has 0 spiro atoms. The summed E-state index contributed by atoms with van der Waals surface area (Å²) in [7, 11) is 0. The maximum atomic E-state index is 10.7. The average Bonchev–Trinajstić information content (AvgIpc) is 3.18. The molecular weight excluding hydrogens is 344 g/mol. The van der Waals surface area contributed by atoms with Gasteiger partial charge in [-0.3, -0.25) is 4.90 Å². The van der Waals surface area contributed by atoms with Crippen LogP contribution in [0.3, 0.4) is 0 Å². The molecule has 28 heavy (non-hydrogen) atoms. The first-order chi connectivity index (χ1) is 13.7. The van der Waals surface area contributed by atoms with Crippen LogP contribution in [0.2, 0.25) is 0 Å². The van der Waals surface area contributed by atoms with Crippen molar-refractivity contribution in [3.8, 4) is 6.07 Å². The summed E-state index contributed by atoms with van der Waals surface area (Å²) in [6.07, 6.45) is 4.47. The van der Waals surface area contributed by atoms with E-state index in [0.717, 1.165) is 57.3 Å². The first-order valence-electron chi connectivity index (χ1n) is 10.6. The SMILES string of the molecule is N#CC(c1ccccc1)(C1CCN(Cc2ccccc2)CC1)[C@@H]1CCC[C@H]1O. The van der Waals surface area contributed by atoms with Gasteiger partial charge < -0.3 is 5.11 Å². The third-order valence-electron chi connectivity index (χ3n) is 6.98. The van der Waals surface area contributed by atoms with Crippen LogP contribution in [0.5, 0.6) is 0 Å². The van der Waals surface area contributed by atoms with E-state index in [1.807, 2.05) is 18.2 Å². The Bertz CT molecular complexity index is 792. The Balaban J connectivity index is 1.56. The lowest BCUT2D eigenvalue weighted by molar-refractivity contribution is 0.0507. The predicted molar refractivity (Wildman–Crippen MR) is 112 cm³/mol. The van der Waals surface area contributed by atoms with Crippen molar-refractivity contribution in [1.82, 2.24) is 4.90 Å². The number of aliphatic hydroxyl groups excluding tert-OH is 1. The van der Waals surface area contributed by atoms with Crippen molar-refractivity contribution in [3.63, 3.8) is 0 Å². The Kier molecular flexibility index (Phi) is 5.80. The summed E-state index contributed by atoms with van der Waals surface area (Å²) in [6.45, 7) is 3.00. The number of likely N-dealkylation sites (tertiary alicyclic amines) is 1. The van der Waals surface area contributed by atoms with E-state index in [4.69, 9.17) is 0 Å². The second kappa shape index (κ2) is 8.47. The van der Waals surface area contributed by atoms with Crippen molar-refractivity contribution >= 4 is 0 Å². The highest BCUT2D eigenvalue weighted by atomic mass is 16.3. The van der Waals surface area contributed by atoms with Crippen LogP contribution in [0.25, 0.3) is 0 Å². The van der Waals surface area contributed by atoms with Gasteiger partial charge in [-0.25, -0.2) is 0 Å². The fraction of sp³-hybridized carbons (Fsp3) is 0.480. The zero-order valence-corrected chi connectivity index (χ0v) is 16.5. The Hall–Kier alpha value is -2.15. The Morgan fingerprint density at radius 3 is 2.14 bits per heavy atom. The largest absolute Gasteiger partial charge is 0.393 e. The van der Waals surface area contributed by atoms with Gasteiger partial charge in [-0.05, 0) is 55.8 Å². The summed E-state index contributed by atoms with van der Waals surface area (Å²) in [4.78, 5) is 2.50. The summed E-state index contributed by atoms with van der Waals surface area (Å²) in [5, 5.41) is 21.2. The van der Waals surface area contributed by atoms with Crippen LogP contribution in [0, 0.1) is 23.2 Å². The molecule has 4 rings (SSSR count). The number of hydrogen-bond donors (Lipinski definition) is 1. The third kappa shape index (κ3) is 3.60. The Morgan fingerprint density at radius 1 is 0.929 bits per heavy atom. The van der Waals surface area contributed by atoms with Gasteiger partial charge in [0.15, 0.2) is 0 Å². The molecule has 2 fully saturated rings. The van der Waals surface area contributed by atoms with Crippen LogP contribution < -0.4 is 0 Å². The maximum Gasteiger partial charge on any atom is 0.0903 e. The second-order valence-electron chi connectivity index (χ2n) is 8.49. The van der Waals surface area contributed by atoms with Gasteiger partial charge in [-0.1, -0.05) is 67.1 Å². The van der Waals surface area contributed by atoms with Crippen LogP contribution in [-0.4, -0.2) is 29.2 Å². The molecular formula is C25H30N2O. The standard InChI is InChI=1S/C25H30N2O/c26-19-25(21-10-5-2-6-11-21,23-12-7-13-24(23)28)22-14-16-27(17-15-22)18-20-8-3-1-4-9-20/h1-6,8-11,22-24,28H,7,12-18H2/t23-,24-,25?/m1/s1. The molecule has 0 radical (unpaired) electrons. The van der Waals surface area contributed by atoms with Crippen molar-refractivity contribution in [2.75, 3.05) is 13.1 Å². The smallest absolute Gasteiger partial charge is 0.0903 e. The highest BCUT2D eigenvalue weighted by molar-refractivity contribution is 5.36. The first kappa shape index (κ1) is 19.2. The molecule has 3 atom stereocenters. The van der Waals surface area contributed by atoms with Gasteiger partial charge in [0.2, 0.25) is 0 Å². The quantitative estimate of drug-likeness (QED) is 0.837.